The number of nitrogens with two attached hydrogens (primary N) is 1. The Morgan fingerprint density at radius 1 is 1.15 bits per heavy atom. The van der Waals surface area contributed by atoms with Gasteiger partial charge in [0.25, 0.3) is 0 Å². The lowest BCUT2D eigenvalue weighted by atomic mass is 10.1. The lowest BCUT2D eigenvalue weighted by molar-refractivity contribution is -0.115. The Balaban J connectivity index is 1.96. The molecule has 0 saturated carbocycles. The van der Waals surface area contributed by atoms with E-state index in [2.05, 4.69) is 31.3 Å². The van der Waals surface area contributed by atoms with Gasteiger partial charge in [0.2, 0.25) is 15.9 Å². The van der Waals surface area contributed by atoms with Crippen LogP contribution < -0.4 is 15.2 Å². The highest BCUT2D eigenvalue weighted by Crippen LogP contribution is 2.26. The van der Waals surface area contributed by atoms with E-state index in [-0.39, 0.29) is 16.6 Å². The fraction of sp³-hybridized carbons (Fsp3) is 0.278. The van der Waals surface area contributed by atoms with Gasteiger partial charge in [0.15, 0.2) is 0 Å². The van der Waals surface area contributed by atoms with Crippen LogP contribution in [0.5, 0.6) is 5.75 Å². The third-order valence-electron chi connectivity index (χ3n) is 3.83. The zero-order valence-electron chi connectivity index (χ0n) is 14.9. The van der Waals surface area contributed by atoms with Crippen LogP contribution in [0.25, 0.3) is 0 Å². The fourth-order valence-electron chi connectivity index (χ4n) is 2.27. The quantitative estimate of drug-likeness (QED) is 0.703. The second kappa shape index (κ2) is 8.57. The lowest BCUT2D eigenvalue weighted by Crippen LogP contribution is -2.16. The number of hydrogen-bond acceptors (Lipinski definition) is 5. The Kier molecular flexibility index (Phi) is 6.69. The summed E-state index contributed by atoms with van der Waals surface area (Å²) < 4.78 is 28.2. The van der Waals surface area contributed by atoms with E-state index in [9.17, 15) is 13.2 Å². The molecule has 8 heteroatoms. The number of rotatable bonds is 7. The van der Waals surface area contributed by atoms with Crippen LogP contribution in [0.1, 0.15) is 17.5 Å². The van der Waals surface area contributed by atoms with Crippen LogP contribution in [0, 0.1) is 13.8 Å². The first-order valence-electron chi connectivity index (χ1n) is 7.91. The Morgan fingerprint density at radius 2 is 1.88 bits per heavy atom. The van der Waals surface area contributed by atoms with E-state index in [1.807, 2.05) is 6.07 Å². The molecule has 0 aliphatic heterocycles. The number of nitrogens with one attached hydrogen (secondary N) is 1. The third-order valence-corrected chi connectivity index (χ3v) is 5.76. The first-order valence-corrected chi connectivity index (χ1v) is 10.4. The van der Waals surface area contributed by atoms with Crippen molar-refractivity contribution in [3.8, 4) is 5.75 Å². The van der Waals surface area contributed by atoms with Gasteiger partial charge in [-0.1, -0.05) is 6.07 Å². The van der Waals surface area contributed by atoms with Gasteiger partial charge in [0.05, 0.1) is 7.11 Å². The number of thioether (sulfide) groups is 1. The molecule has 3 N–H and O–H groups in total. The average molecular weight is 395 g/mol. The molecule has 1 amide bonds. The molecule has 0 spiro atoms. The average Bonchev–Trinajstić information content (AvgIpc) is 2.57. The molecule has 0 radical (unpaired) electrons. The van der Waals surface area contributed by atoms with Crippen molar-refractivity contribution >= 4 is 33.4 Å². The highest BCUT2D eigenvalue weighted by molar-refractivity contribution is 7.99. The molecule has 0 atom stereocenters. The lowest BCUT2D eigenvalue weighted by Gasteiger charge is -2.10. The number of sulfonamides is 1. The molecule has 0 bridgehead atoms. The van der Waals surface area contributed by atoms with Gasteiger partial charge in [0.1, 0.15) is 10.6 Å². The Labute approximate surface area is 158 Å². The molecule has 2 aromatic carbocycles. The minimum atomic E-state index is -3.94. The summed E-state index contributed by atoms with van der Waals surface area (Å²) in [4.78, 5) is 13.1. The molecular formula is C18H22N2O4S2. The Bertz CT molecular complexity index is 911. The van der Waals surface area contributed by atoms with Crippen LogP contribution in [0.15, 0.2) is 46.2 Å². The summed E-state index contributed by atoms with van der Waals surface area (Å²) in [6, 6.07) is 10.5. The highest BCUT2D eigenvalue weighted by Gasteiger charge is 2.16. The number of methoxy groups -OCH3 is 1. The molecule has 0 aliphatic rings. The summed E-state index contributed by atoms with van der Waals surface area (Å²) in [5, 5.41) is 7.86. The van der Waals surface area contributed by atoms with E-state index in [0.717, 1.165) is 4.90 Å². The summed E-state index contributed by atoms with van der Waals surface area (Å²) in [5.74, 6) is 0.551. The van der Waals surface area contributed by atoms with Crippen molar-refractivity contribution in [3.63, 3.8) is 0 Å². The van der Waals surface area contributed by atoms with Crippen LogP contribution in [0.3, 0.4) is 0 Å². The first-order chi connectivity index (χ1) is 12.2. The largest absolute Gasteiger partial charge is 0.495 e. The minimum absolute atomic E-state index is 0.135. The maximum Gasteiger partial charge on any atom is 0.241 e. The number of benzene rings is 2. The number of ether oxygens (including phenoxy) is 1. The molecule has 0 heterocycles. The number of primary sulfonamides is 1. The SMILES string of the molecule is COc1ccc(NC(=O)CCSc2ccc(C)c(C)c2)cc1S(N)(=O)=O. The van der Waals surface area contributed by atoms with Crippen molar-refractivity contribution in [2.24, 2.45) is 5.14 Å². The summed E-state index contributed by atoms with van der Waals surface area (Å²) >= 11 is 1.60. The van der Waals surface area contributed by atoms with Crippen LogP contribution in [-0.2, 0) is 14.8 Å². The normalized spacial score (nSPS) is 11.2. The second-order valence-electron chi connectivity index (χ2n) is 5.80. The predicted molar refractivity (Wildman–Crippen MR) is 104 cm³/mol. The standard InChI is InChI=1S/C18H22N2O4S2/c1-12-4-6-15(10-13(12)2)25-9-8-18(21)20-14-5-7-16(24-3)17(11-14)26(19,22)23/h4-7,10-11H,8-9H2,1-3H3,(H,20,21)(H2,19,22,23). The van der Waals surface area contributed by atoms with E-state index >= 15 is 0 Å². The molecule has 0 unspecified atom stereocenters. The first kappa shape index (κ1) is 20.3. The molecule has 2 rings (SSSR count). The maximum absolute atomic E-state index is 12.1. The van der Waals surface area contributed by atoms with Crippen LogP contribution >= 0.6 is 11.8 Å². The van der Waals surface area contributed by atoms with Gasteiger partial charge >= 0.3 is 0 Å². The second-order valence-corrected chi connectivity index (χ2v) is 8.50. The summed E-state index contributed by atoms with van der Waals surface area (Å²) in [6.07, 6.45) is 0.300. The number of anilines is 1. The van der Waals surface area contributed by atoms with Gasteiger partial charge in [-0.2, -0.15) is 0 Å². The highest BCUT2D eigenvalue weighted by atomic mass is 32.2. The van der Waals surface area contributed by atoms with Gasteiger partial charge < -0.3 is 10.1 Å². The monoisotopic (exact) mass is 394 g/mol. The summed E-state index contributed by atoms with van der Waals surface area (Å²) in [6.45, 7) is 4.11. The van der Waals surface area contributed by atoms with E-state index < -0.39 is 10.0 Å². The van der Waals surface area contributed by atoms with Gasteiger partial charge in [-0.05, 0) is 55.3 Å². The van der Waals surface area contributed by atoms with Crippen LogP contribution in [0.4, 0.5) is 5.69 Å². The van der Waals surface area contributed by atoms with E-state index in [0.29, 0.717) is 17.9 Å². The molecular weight excluding hydrogens is 372 g/mol. The van der Waals surface area contributed by atoms with Crippen LogP contribution in [0.2, 0.25) is 0 Å². The van der Waals surface area contributed by atoms with E-state index in [4.69, 9.17) is 9.88 Å². The van der Waals surface area contributed by atoms with Crippen molar-refractivity contribution in [2.45, 2.75) is 30.1 Å². The molecule has 0 aromatic heterocycles. The van der Waals surface area contributed by atoms with Crippen molar-refractivity contribution in [1.29, 1.82) is 0 Å². The smallest absolute Gasteiger partial charge is 0.241 e. The molecule has 140 valence electrons. The number of carbonyl (C=O) groups is 1. The molecule has 2 aromatic rings. The molecule has 0 aliphatic carbocycles. The number of amides is 1. The number of hydrogen-bond donors (Lipinski definition) is 2. The number of carbonyl (C=O) groups excluding carboxylic acids is 1. The van der Waals surface area contributed by atoms with E-state index in [1.165, 1.54) is 30.4 Å². The molecule has 0 fully saturated rings. The van der Waals surface area contributed by atoms with Gasteiger partial charge in [-0.25, -0.2) is 13.6 Å². The fourth-order valence-corrected chi connectivity index (χ4v) is 3.94. The van der Waals surface area contributed by atoms with Gasteiger partial charge in [-0.3, -0.25) is 4.79 Å². The Morgan fingerprint density at radius 3 is 2.50 bits per heavy atom. The van der Waals surface area contributed by atoms with Crippen molar-refractivity contribution < 1.29 is 17.9 Å². The number of aryl methyl sites for hydroxylation is 2. The Hall–Kier alpha value is -2.03. The van der Waals surface area contributed by atoms with Crippen LogP contribution in [-0.4, -0.2) is 27.2 Å². The van der Waals surface area contributed by atoms with Crippen molar-refractivity contribution in [1.82, 2.24) is 0 Å². The predicted octanol–water partition coefficient (Wildman–Crippen LogP) is 3.08. The van der Waals surface area contributed by atoms with Gasteiger partial charge in [0, 0.05) is 22.8 Å². The summed E-state index contributed by atoms with van der Waals surface area (Å²) in [7, 11) is -2.59. The third kappa shape index (κ3) is 5.48. The topological polar surface area (TPSA) is 98.5 Å². The van der Waals surface area contributed by atoms with E-state index in [1.54, 1.807) is 17.8 Å². The maximum atomic E-state index is 12.1. The molecule has 6 nitrogen and oxygen atoms in total. The zero-order chi connectivity index (χ0) is 19.3. The van der Waals surface area contributed by atoms with Crippen molar-refractivity contribution in [2.75, 3.05) is 18.2 Å². The zero-order valence-corrected chi connectivity index (χ0v) is 16.5. The minimum Gasteiger partial charge on any atom is -0.495 e. The molecule has 0 saturated heterocycles. The van der Waals surface area contributed by atoms with Gasteiger partial charge in [-0.15, -0.1) is 11.8 Å². The summed E-state index contributed by atoms with van der Waals surface area (Å²) in [5.41, 5.74) is 2.81. The van der Waals surface area contributed by atoms with Crippen molar-refractivity contribution in [3.05, 3.63) is 47.5 Å². The molecule has 26 heavy (non-hydrogen) atoms.